The van der Waals surface area contributed by atoms with Gasteiger partial charge < -0.3 is 4.90 Å². The van der Waals surface area contributed by atoms with E-state index in [4.69, 9.17) is 23.2 Å². The highest BCUT2D eigenvalue weighted by molar-refractivity contribution is 6.35. The highest BCUT2D eigenvalue weighted by Crippen LogP contribution is 2.42. The zero-order valence-electron chi connectivity index (χ0n) is 11.8. The number of fused-ring (bicyclic) bond motifs is 1. The summed E-state index contributed by atoms with van der Waals surface area (Å²) in [4.78, 5) is 14.4. The van der Waals surface area contributed by atoms with Gasteiger partial charge in [-0.25, -0.2) is 0 Å². The van der Waals surface area contributed by atoms with E-state index in [0.717, 1.165) is 23.2 Å². The number of carbonyl (C=O) groups excluding carboxylic acids is 1. The van der Waals surface area contributed by atoms with Crippen LogP contribution in [0.4, 0.5) is 0 Å². The second-order valence-electron chi connectivity index (χ2n) is 5.18. The lowest BCUT2D eigenvalue weighted by atomic mass is 9.99. The molecule has 2 aromatic rings. The van der Waals surface area contributed by atoms with Gasteiger partial charge in [-0.15, -0.1) is 0 Å². The highest BCUT2D eigenvalue weighted by Gasteiger charge is 2.41. The summed E-state index contributed by atoms with van der Waals surface area (Å²) in [5.74, 6) is -0.0489. The van der Waals surface area contributed by atoms with Crippen molar-refractivity contribution in [2.24, 2.45) is 0 Å². The summed E-state index contributed by atoms with van der Waals surface area (Å²) in [6.45, 7) is 4.63. The summed E-state index contributed by atoms with van der Waals surface area (Å²) in [5, 5.41) is 8.19. The van der Waals surface area contributed by atoms with Gasteiger partial charge in [0.05, 0.1) is 6.04 Å². The zero-order chi connectivity index (χ0) is 15.1. The molecule has 0 fully saturated rings. The number of H-pyrrole nitrogens is 1. The van der Waals surface area contributed by atoms with Crippen molar-refractivity contribution in [3.63, 3.8) is 0 Å². The Labute approximate surface area is 133 Å². The van der Waals surface area contributed by atoms with Crippen molar-refractivity contribution in [1.29, 1.82) is 0 Å². The molecule has 4 nitrogen and oxygen atoms in total. The van der Waals surface area contributed by atoms with E-state index in [0.29, 0.717) is 22.3 Å². The summed E-state index contributed by atoms with van der Waals surface area (Å²) in [6, 6.07) is 5.19. The van der Waals surface area contributed by atoms with E-state index in [9.17, 15) is 4.79 Å². The molecular formula is C15H15Cl2N3O. The average molecular weight is 324 g/mol. The molecule has 0 radical (unpaired) electrons. The first-order valence-electron chi connectivity index (χ1n) is 6.85. The van der Waals surface area contributed by atoms with Crippen LogP contribution in [-0.2, 0) is 0 Å². The fraction of sp³-hybridized carbons (Fsp3) is 0.333. The number of halogens is 2. The standard InChI is InChI=1S/C15H15Cl2N3O/c1-3-6-20-14(10-5-4-9(16)7-11(10)17)12-8(2)18-19-13(12)15(20)21/h4-5,7,14H,3,6H2,1-2H3,(H,18,19)/t14-/m0/s1. The Kier molecular flexibility index (Phi) is 3.68. The first-order chi connectivity index (χ1) is 10.0. The van der Waals surface area contributed by atoms with Gasteiger partial charge in [0.15, 0.2) is 5.69 Å². The fourth-order valence-electron chi connectivity index (χ4n) is 2.86. The molecule has 0 aliphatic carbocycles. The van der Waals surface area contributed by atoms with Crippen LogP contribution >= 0.6 is 23.2 Å². The minimum Gasteiger partial charge on any atom is -0.326 e. The van der Waals surface area contributed by atoms with E-state index >= 15 is 0 Å². The number of aromatic amines is 1. The molecule has 1 aromatic carbocycles. The monoisotopic (exact) mass is 323 g/mol. The Bertz CT molecular complexity index is 711. The molecule has 1 aliphatic rings. The van der Waals surface area contributed by atoms with Gasteiger partial charge in [0.25, 0.3) is 5.91 Å². The summed E-state index contributed by atoms with van der Waals surface area (Å²) < 4.78 is 0. The van der Waals surface area contributed by atoms with Gasteiger partial charge >= 0.3 is 0 Å². The van der Waals surface area contributed by atoms with Gasteiger partial charge in [-0.2, -0.15) is 5.10 Å². The molecule has 2 heterocycles. The Morgan fingerprint density at radius 2 is 2.14 bits per heavy atom. The molecule has 1 aromatic heterocycles. The summed E-state index contributed by atoms with van der Waals surface area (Å²) in [5.41, 5.74) is 3.19. The lowest BCUT2D eigenvalue weighted by molar-refractivity contribution is 0.0743. The van der Waals surface area contributed by atoms with Gasteiger partial charge in [-0.1, -0.05) is 36.2 Å². The van der Waals surface area contributed by atoms with E-state index < -0.39 is 0 Å². The van der Waals surface area contributed by atoms with Crippen molar-refractivity contribution < 1.29 is 4.79 Å². The van der Waals surface area contributed by atoms with Crippen LogP contribution in [0.1, 0.15) is 46.7 Å². The van der Waals surface area contributed by atoms with Crippen LogP contribution in [-0.4, -0.2) is 27.5 Å². The Morgan fingerprint density at radius 1 is 1.38 bits per heavy atom. The molecule has 1 N–H and O–H groups in total. The number of aryl methyl sites for hydroxylation is 1. The quantitative estimate of drug-likeness (QED) is 0.928. The minimum absolute atomic E-state index is 0.0489. The maximum Gasteiger partial charge on any atom is 0.275 e. The van der Waals surface area contributed by atoms with Crippen molar-refractivity contribution in [2.45, 2.75) is 26.3 Å². The van der Waals surface area contributed by atoms with Crippen LogP contribution in [0.2, 0.25) is 10.0 Å². The Hall–Kier alpha value is -1.52. The SMILES string of the molecule is CCCN1C(=O)c2n[nH]c(C)c2[C@@H]1c1ccc(Cl)cc1Cl. The molecule has 110 valence electrons. The maximum absolute atomic E-state index is 12.5. The predicted octanol–water partition coefficient (Wildman–Crippen LogP) is 3.98. The van der Waals surface area contributed by atoms with Crippen LogP contribution in [0.15, 0.2) is 18.2 Å². The van der Waals surface area contributed by atoms with Crippen LogP contribution in [0.3, 0.4) is 0 Å². The molecule has 0 saturated heterocycles. The van der Waals surface area contributed by atoms with Crippen LogP contribution < -0.4 is 0 Å². The van der Waals surface area contributed by atoms with E-state index in [1.165, 1.54) is 0 Å². The molecule has 21 heavy (non-hydrogen) atoms. The molecule has 6 heteroatoms. The van der Waals surface area contributed by atoms with Gasteiger partial charge in [-0.3, -0.25) is 9.89 Å². The molecule has 3 rings (SSSR count). The number of amides is 1. The molecule has 1 amide bonds. The van der Waals surface area contributed by atoms with Gasteiger partial charge in [0.1, 0.15) is 0 Å². The Balaban J connectivity index is 2.17. The first kappa shape index (κ1) is 14.4. The van der Waals surface area contributed by atoms with Crippen molar-refractivity contribution >= 4 is 29.1 Å². The van der Waals surface area contributed by atoms with Crippen LogP contribution in [0.5, 0.6) is 0 Å². The number of hydrogen-bond donors (Lipinski definition) is 1. The van der Waals surface area contributed by atoms with Crippen molar-refractivity contribution in [3.8, 4) is 0 Å². The van der Waals surface area contributed by atoms with Crippen molar-refractivity contribution in [3.05, 3.63) is 50.8 Å². The van der Waals surface area contributed by atoms with Crippen LogP contribution in [0.25, 0.3) is 0 Å². The highest BCUT2D eigenvalue weighted by atomic mass is 35.5. The van der Waals surface area contributed by atoms with E-state index in [1.807, 2.05) is 24.8 Å². The first-order valence-corrected chi connectivity index (χ1v) is 7.61. The summed E-state index contributed by atoms with van der Waals surface area (Å²) in [7, 11) is 0. The molecular weight excluding hydrogens is 309 g/mol. The lowest BCUT2D eigenvalue weighted by Crippen LogP contribution is -2.30. The average Bonchev–Trinajstić information content (AvgIpc) is 2.93. The minimum atomic E-state index is -0.198. The third-order valence-corrected chi connectivity index (χ3v) is 4.33. The topological polar surface area (TPSA) is 49.0 Å². The van der Waals surface area contributed by atoms with Crippen LogP contribution in [0, 0.1) is 6.92 Å². The summed E-state index contributed by atoms with van der Waals surface area (Å²) >= 11 is 12.3. The number of nitrogens with one attached hydrogen (secondary N) is 1. The van der Waals surface area contributed by atoms with E-state index in [-0.39, 0.29) is 11.9 Å². The largest absolute Gasteiger partial charge is 0.326 e. The maximum atomic E-state index is 12.5. The smallest absolute Gasteiger partial charge is 0.275 e. The number of carbonyl (C=O) groups is 1. The third-order valence-electron chi connectivity index (χ3n) is 3.76. The van der Waals surface area contributed by atoms with Gasteiger partial charge in [-0.05, 0) is 31.0 Å². The molecule has 0 saturated carbocycles. The number of rotatable bonds is 3. The predicted molar refractivity (Wildman–Crippen MR) is 83.0 cm³/mol. The van der Waals surface area contributed by atoms with Gasteiger partial charge in [0.2, 0.25) is 0 Å². The number of nitrogens with zero attached hydrogens (tertiary/aromatic N) is 2. The summed E-state index contributed by atoms with van der Waals surface area (Å²) in [6.07, 6.45) is 0.875. The number of benzene rings is 1. The van der Waals surface area contributed by atoms with Gasteiger partial charge in [0, 0.05) is 27.8 Å². The molecule has 0 bridgehead atoms. The van der Waals surface area contributed by atoms with E-state index in [2.05, 4.69) is 10.2 Å². The second-order valence-corrected chi connectivity index (χ2v) is 6.02. The second kappa shape index (κ2) is 5.35. The molecule has 0 unspecified atom stereocenters. The van der Waals surface area contributed by atoms with Crippen molar-refractivity contribution in [1.82, 2.24) is 15.1 Å². The van der Waals surface area contributed by atoms with Crippen molar-refractivity contribution in [2.75, 3.05) is 6.54 Å². The molecule has 1 aliphatic heterocycles. The zero-order valence-corrected chi connectivity index (χ0v) is 13.3. The fourth-order valence-corrected chi connectivity index (χ4v) is 3.37. The number of hydrogen-bond acceptors (Lipinski definition) is 2. The van der Waals surface area contributed by atoms with E-state index in [1.54, 1.807) is 12.1 Å². The number of aromatic nitrogens is 2. The Morgan fingerprint density at radius 3 is 2.81 bits per heavy atom. The normalized spacial score (nSPS) is 17.4. The molecule has 0 spiro atoms. The molecule has 1 atom stereocenters. The third kappa shape index (κ3) is 2.23. The lowest BCUT2D eigenvalue weighted by Gasteiger charge is -2.26.